The molecule has 0 atom stereocenters. The van der Waals surface area contributed by atoms with Crippen molar-refractivity contribution in [1.82, 2.24) is 0 Å². The molecule has 100 valence electrons. The highest BCUT2D eigenvalue weighted by Crippen LogP contribution is 2.20. The Bertz CT molecular complexity index is 549. The van der Waals surface area contributed by atoms with Crippen LogP contribution in [0.1, 0.15) is 29.2 Å². The lowest BCUT2D eigenvalue weighted by atomic mass is 10.1. The van der Waals surface area contributed by atoms with Crippen LogP contribution in [-0.4, -0.2) is 0 Å². The van der Waals surface area contributed by atoms with Crippen LogP contribution in [0.4, 0.5) is 0 Å². The summed E-state index contributed by atoms with van der Waals surface area (Å²) in [6, 6.07) is 14.5. The van der Waals surface area contributed by atoms with Gasteiger partial charge in [-0.25, -0.2) is 0 Å². The second-order valence-corrected chi connectivity index (χ2v) is 4.71. The predicted molar refractivity (Wildman–Crippen MR) is 79.2 cm³/mol. The third-order valence-electron chi connectivity index (χ3n) is 3.38. The number of aryl methyl sites for hydroxylation is 2. The normalized spacial score (nSPS) is 10.5. The molecule has 0 amide bonds. The van der Waals surface area contributed by atoms with Crippen LogP contribution in [0.2, 0.25) is 0 Å². The van der Waals surface area contributed by atoms with Crippen LogP contribution in [0.5, 0.6) is 5.75 Å². The maximum Gasteiger partial charge on any atom is 0.122 e. The predicted octanol–water partition coefficient (Wildman–Crippen LogP) is 3.60. The van der Waals surface area contributed by atoms with E-state index in [0.29, 0.717) is 13.2 Å². The highest BCUT2D eigenvalue weighted by atomic mass is 16.5. The van der Waals surface area contributed by atoms with Crippen molar-refractivity contribution < 1.29 is 4.74 Å². The zero-order chi connectivity index (χ0) is 13.7. The summed E-state index contributed by atoms with van der Waals surface area (Å²) in [5, 5.41) is 0. The molecule has 0 aromatic heterocycles. The van der Waals surface area contributed by atoms with E-state index in [9.17, 15) is 0 Å². The number of hydrogen-bond acceptors (Lipinski definition) is 2. The minimum atomic E-state index is 0.584. The molecule has 0 unspecified atom stereocenters. The van der Waals surface area contributed by atoms with E-state index in [1.54, 1.807) is 0 Å². The van der Waals surface area contributed by atoms with E-state index in [1.165, 1.54) is 16.7 Å². The Kier molecular flexibility index (Phi) is 4.58. The van der Waals surface area contributed by atoms with Gasteiger partial charge in [0.05, 0.1) is 0 Å². The average molecular weight is 255 g/mol. The van der Waals surface area contributed by atoms with E-state index in [0.717, 1.165) is 17.7 Å². The molecule has 0 bridgehead atoms. The van der Waals surface area contributed by atoms with Gasteiger partial charge in [0.1, 0.15) is 12.4 Å². The quantitative estimate of drug-likeness (QED) is 0.886. The van der Waals surface area contributed by atoms with Crippen LogP contribution in [-0.2, 0) is 19.6 Å². The number of nitrogens with two attached hydrogens (primary N) is 1. The molecule has 0 saturated heterocycles. The van der Waals surface area contributed by atoms with Gasteiger partial charge in [-0.3, -0.25) is 0 Å². The average Bonchev–Trinajstić information content (AvgIpc) is 2.46. The summed E-state index contributed by atoms with van der Waals surface area (Å²) in [6.07, 6.45) is 0.987. The number of rotatable bonds is 5. The summed E-state index contributed by atoms with van der Waals surface area (Å²) < 4.78 is 5.94. The molecule has 0 saturated carbocycles. The summed E-state index contributed by atoms with van der Waals surface area (Å²) >= 11 is 0. The molecule has 19 heavy (non-hydrogen) atoms. The zero-order valence-electron chi connectivity index (χ0n) is 11.6. The standard InChI is InChI=1S/C17H21NO/c1-3-15-6-4-5-7-17(15)19-12-16-9-8-14(11-18)10-13(16)2/h4-10H,3,11-12,18H2,1-2H3. The topological polar surface area (TPSA) is 35.2 Å². The molecule has 2 aromatic rings. The van der Waals surface area contributed by atoms with Crippen molar-refractivity contribution in [2.75, 3.05) is 0 Å². The Morgan fingerprint density at radius 3 is 2.53 bits per heavy atom. The molecule has 0 fully saturated rings. The van der Waals surface area contributed by atoms with Crippen molar-refractivity contribution in [3.63, 3.8) is 0 Å². The molecule has 2 aromatic carbocycles. The lowest BCUT2D eigenvalue weighted by Crippen LogP contribution is -2.02. The van der Waals surface area contributed by atoms with Gasteiger partial charge in [-0.2, -0.15) is 0 Å². The Morgan fingerprint density at radius 2 is 1.84 bits per heavy atom. The fraction of sp³-hybridized carbons (Fsp3) is 0.294. The maximum atomic E-state index is 5.94. The molecule has 0 spiro atoms. The first-order valence-electron chi connectivity index (χ1n) is 6.73. The molecule has 2 N–H and O–H groups in total. The molecule has 2 nitrogen and oxygen atoms in total. The van der Waals surface area contributed by atoms with Crippen LogP contribution < -0.4 is 10.5 Å². The molecular formula is C17H21NO. The second kappa shape index (κ2) is 6.39. The largest absolute Gasteiger partial charge is 0.489 e. The molecule has 0 radical (unpaired) electrons. The fourth-order valence-corrected chi connectivity index (χ4v) is 2.14. The van der Waals surface area contributed by atoms with E-state index in [4.69, 9.17) is 10.5 Å². The van der Waals surface area contributed by atoms with Crippen LogP contribution in [0.25, 0.3) is 0 Å². The van der Waals surface area contributed by atoms with Gasteiger partial charge in [0.25, 0.3) is 0 Å². The van der Waals surface area contributed by atoms with Crippen LogP contribution in [0, 0.1) is 6.92 Å². The summed E-state index contributed by atoms with van der Waals surface area (Å²) in [5.41, 5.74) is 10.5. The number of ether oxygens (including phenoxy) is 1. The third-order valence-corrected chi connectivity index (χ3v) is 3.38. The molecule has 0 heterocycles. The van der Waals surface area contributed by atoms with Crippen molar-refractivity contribution in [2.24, 2.45) is 5.73 Å². The summed E-state index contributed by atoms with van der Waals surface area (Å²) in [6.45, 7) is 5.43. The lowest BCUT2D eigenvalue weighted by molar-refractivity contribution is 0.302. The van der Waals surface area contributed by atoms with E-state index in [1.807, 2.05) is 18.2 Å². The van der Waals surface area contributed by atoms with Crippen molar-refractivity contribution >= 4 is 0 Å². The fourth-order valence-electron chi connectivity index (χ4n) is 2.14. The van der Waals surface area contributed by atoms with E-state index < -0.39 is 0 Å². The minimum absolute atomic E-state index is 0.584. The summed E-state index contributed by atoms with van der Waals surface area (Å²) in [5.74, 6) is 0.979. The van der Waals surface area contributed by atoms with Gasteiger partial charge >= 0.3 is 0 Å². The Hall–Kier alpha value is -1.80. The van der Waals surface area contributed by atoms with Gasteiger partial charge in [-0.15, -0.1) is 0 Å². The Balaban J connectivity index is 2.10. The van der Waals surface area contributed by atoms with Crippen LogP contribution in [0.3, 0.4) is 0 Å². The van der Waals surface area contributed by atoms with Crippen molar-refractivity contribution in [1.29, 1.82) is 0 Å². The van der Waals surface area contributed by atoms with Crippen LogP contribution >= 0.6 is 0 Å². The molecule has 0 aliphatic heterocycles. The monoisotopic (exact) mass is 255 g/mol. The SMILES string of the molecule is CCc1ccccc1OCc1ccc(CN)cc1C. The number of para-hydroxylation sites is 1. The van der Waals surface area contributed by atoms with Gasteiger partial charge in [0, 0.05) is 6.54 Å². The Morgan fingerprint density at radius 1 is 1.05 bits per heavy atom. The van der Waals surface area contributed by atoms with E-state index in [-0.39, 0.29) is 0 Å². The molecule has 2 heteroatoms. The highest BCUT2D eigenvalue weighted by molar-refractivity contribution is 5.35. The Labute approximate surface area is 115 Å². The molecular weight excluding hydrogens is 234 g/mol. The first kappa shape index (κ1) is 13.6. The number of benzene rings is 2. The minimum Gasteiger partial charge on any atom is -0.489 e. The first-order valence-corrected chi connectivity index (χ1v) is 6.73. The van der Waals surface area contributed by atoms with Crippen molar-refractivity contribution in [3.05, 3.63) is 64.7 Å². The van der Waals surface area contributed by atoms with Gasteiger partial charge in [0.15, 0.2) is 0 Å². The van der Waals surface area contributed by atoms with E-state index in [2.05, 4.69) is 38.1 Å². The zero-order valence-corrected chi connectivity index (χ0v) is 11.6. The van der Waals surface area contributed by atoms with Gasteiger partial charge < -0.3 is 10.5 Å². The highest BCUT2D eigenvalue weighted by Gasteiger charge is 2.04. The van der Waals surface area contributed by atoms with Crippen LogP contribution in [0.15, 0.2) is 42.5 Å². The van der Waals surface area contributed by atoms with Crippen molar-refractivity contribution in [2.45, 2.75) is 33.4 Å². The summed E-state index contributed by atoms with van der Waals surface area (Å²) in [4.78, 5) is 0. The molecule has 2 rings (SSSR count). The summed E-state index contributed by atoms with van der Waals surface area (Å²) in [7, 11) is 0. The van der Waals surface area contributed by atoms with E-state index >= 15 is 0 Å². The first-order chi connectivity index (χ1) is 9.24. The lowest BCUT2D eigenvalue weighted by Gasteiger charge is -2.12. The second-order valence-electron chi connectivity index (χ2n) is 4.71. The van der Waals surface area contributed by atoms with Gasteiger partial charge in [-0.1, -0.05) is 43.3 Å². The third kappa shape index (κ3) is 3.36. The maximum absolute atomic E-state index is 5.94. The van der Waals surface area contributed by atoms with Gasteiger partial charge in [0.2, 0.25) is 0 Å². The smallest absolute Gasteiger partial charge is 0.122 e. The van der Waals surface area contributed by atoms with Crippen molar-refractivity contribution in [3.8, 4) is 5.75 Å². The van der Waals surface area contributed by atoms with Gasteiger partial charge in [-0.05, 0) is 41.7 Å². The molecule has 0 aliphatic carbocycles. The number of hydrogen-bond donors (Lipinski definition) is 1. The molecule has 0 aliphatic rings.